The molecule has 6 aromatic carbocycles. The molecule has 1 aromatic heterocycles. The number of hydrogen-bond acceptors (Lipinski definition) is 5. The lowest BCUT2D eigenvalue weighted by Crippen LogP contribution is -2.39. The molecule has 1 amide bonds. The smallest absolute Gasteiger partial charge is 0.228 e. The Morgan fingerprint density at radius 3 is 2.00 bits per heavy atom. The van der Waals surface area contributed by atoms with E-state index in [-0.39, 0.29) is 18.2 Å². The maximum atomic E-state index is 13.8. The van der Waals surface area contributed by atoms with Crippen LogP contribution in [0.15, 0.2) is 152 Å². The highest BCUT2D eigenvalue weighted by molar-refractivity contribution is 5.96. The van der Waals surface area contributed by atoms with Crippen molar-refractivity contribution in [2.45, 2.75) is 57.9 Å². The zero-order valence-electron chi connectivity index (χ0n) is 32.2. The molecule has 0 spiro atoms. The van der Waals surface area contributed by atoms with Gasteiger partial charge in [0.2, 0.25) is 5.91 Å². The fraction of sp³-hybridized carbons (Fsp3) is 0.224. The summed E-state index contributed by atoms with van der Waals surface area (Å²) in [6, 6.07) is 52.1. The fourth-order valence-corrected chi connectivity index (χ4v) is 8.35. The van der Waals surface area contributed by atoms with E-state index in [0.717, 1.165) is 75.1 Å². The number of tetrazole rings is 1. The van der Waals surface area contributed by atoms with Crippen molar-refractivity contribution in [2.24, 2.45) is 5.92 Å². The van der Waals surface area contributed by atoms with Gasteiger partial charge in [-0.1, -0.05) is 165 Å². The van der Waals surface area contributed by atoms with Crippen molar-refractivity contribution < 1.29 is 9.53 Å². The van der Waals surface area contributed by atoms with Gasteiger partial charge in [-0.25, -0.2) is 4.68 Å². The molecule has 2 unspecified atom stereocenters. The fourth-order valence-electron chi connectivity index (χ4n) is 8.35. The van der Waals surface area contributed by atoms with E-state index in [2.05, 4.69) is 134 Å². The topological polar surface area (TPSA) is 81.9 Å². The number of anilines is 1. The van der Waals surface area contributed by atoms with Gasteiger partial charge < -0.3 is 10.1 Å². The number of carbonyl (C=O) groups excluding carboxylic acids is 1. The van der Waals surface area contributed by atoms with Crippen LogP contribution >= 0.6 is 0 Å². The highest BCUT2D eigenvalue weighted by Crippen LogP contribution is 2.48. The lowest BCUT2D eigenvalue weighted by molar-refractivity contribution is -0.115. The standard InChI is InChI=1S/C49H47N5O2/c1-4-35(3)41-25-16-30-56-47-44(41)32-37(33-45(47)50-46(55)31-36-28-26-34(2)27-29-36)42-23-14-15-24-43(42)48-51-52-53-54(48)49(38-17-8-5-9-18-38,39-19-10-6-11-20-39)40-21-12-7-13-22-40/h5-15,17-24,26-29,32-33,35,41H,4,16,25,30-31H2,1-3H3,(H,50,55). The van der Waals surface area contributed by atoms with Gasteiger partial charge >= 0.3 is 0 Å². The van der Waals surface area contributed by atoms with Crippen molar-refractivity contribution in [3.8, 4) is 28.3 Å². The van der Waals surface area contributed by atoms with Crippen LogP contribution in [-0.2, 0) is 16.8 Å². The molecular weight excluding hydrogens is 691 g/mol. The number of carbonyl (C=O) groups is 1. The Kier molecular flexibility index (Phi) is 10.6. The van der Waals surface area contributed by atoms with E-state index >= 15 is 0 Å². The van der Waals surface area contributed by atoms with Crippen molar-refractivity contribution in [1.29, 1.82) is 0 Å². The SMILES string of the molecule is CCC(C)C1CCCOc2c(NC(=O)Cc3ccc(C)cc3)cc(-c3ccccc3-c3nnnn3C(c3ccccc3)(c3ccccc3)c3ccccc3)cc21. The third kappa shape index (κ3) is 7.01. The molecule has 7 aromatic rings. The van der Waals surface area contributed by atoms with Gasteiger partial charge in [-0.05, 0) is 87.5 Å². The second kappa shape index (κ2) is 16.2. The Morgan fingerprint density at radius 1 is 0.804 bits per heavy atom. The predicted molar refractivity (Wildman–Crippen MR) is 224 cm³/mol. The van der Waals surface area contributed by atoms with Crippen LogP contribution in [0, 0.1) is 12.8 Å². The van der Waals surface area contributed by atoms with Crippen LogP contribution in [0.1, 0.15) is 72.4 Å². The molecule has 7 nitrogen and oxygen atoms in total. The second-order valence-electron chi connectivity index (χ2n) is 14.9. The average Bonchev–Trinajstić information content (AvgIpc) is 3.63. The summed E-state index contributed by atoms with van der Waals surface area (Å²) in [5.41, 5.74) is 8.90. The first-order valence-electron chi connectivity index (χ1n) is 19.7. The molecule has 2 atom stereocenters. The highest BCUT2D eigenvalue weighted by Gasteiger charge is 2.42. The molecule has 0 fully saturated rings. The lowest BCUT2D eigenvalue weighted by atomic mass is 9.76. The van der Waals surface area contributed by atoms with Crippen molar-refractivity contribution in [3.05, 3.63) is 185 Å². The Labute approximate surface area is 329 Å². The van der Waals surface area contributed by atoms with Crippen molar-refractivity contribution in [3.63, 3.8) is 0 Å². The molecule has 0 aliphatic carbocycles. The van der Waals surface area contributed by atoms with Crippen LogP contribution in [-0.4, -0.2) is 32.7 Å². The maximum Gasteiger partial charge on any atom is 0.228 e. The number of ether oxygens (including phenoxy) is 1. The summed E-state index contributed by atoms with van der Waals surface area (Å²) < 4.78 is 8.50. The normalized spacial score (nSPS) is 14.6. The van der Waals surface area contributed by atoms with E-state index in [1.165, 1.54) is 0 Å². The number of aromatic nitrogens is 4. The van der Waals surface area contributed by atoms with Crippen LogP contribution in [0.2, 0.25) is 0 Å². The number of nitrogens with zero attached hydrogens (tertiary/aromatic N) is 4. The molecular formula is C49H47N5O2. The molecule has 1 aliphatic heterocycles. The Balaban J connectivity index is 1.32. The molecule has 2 heterocycles. The van der Waals surface area contributed by atoms with Gasteiger partial charge in [0.1, 0.15) is 11.3 Å². The quantitative estimate of drug-likeness (QED) is 0.134. The molecule has 0 radical (unpaired) electrons. The lowest BCUT2D eigenvalue weighted by Gasteiger charge is -2.36. The molecule has 1 aliphatic rings. The van der Waals surface area contributed by atoms with Gasteiger partial charge in [0.05, 0.1) is 18.7 Å². The minimum Gasteiger partial charge on any atom is -0.491 e. The Morgan fingerprint density at radius 2 is 1.39 bits per heavy atom. The number of aryl methyl sites for hydroxylation is 1. The first-order valence-corrected chi connectivity index (χ1v) is 19.7. The molecule has 280 valence electrons. The van der Waals surface area contributed by atoms with E-state index < -0.39 is 5.54 Å². The molecule has 7 heteroatoms. The summed E-state index contributed by atoms with van der Waals surface area (Å²) in [6.07, 6.45) is 3.26. The van der Waals surface area contributed by atoms with Crippen molar-refractivity contribution in [1.82, 2.24) is 20.2 Å². The monoisotopic (exact) mass is 737 g/mol. The predicted octanol–water partition coefficient (Wildman–Crippen LogP) is 10.6. The van der Waals surface area contributed by atoms with Gasteiger partial charge in [-0.3, -0.25) is 4.79 Å². The van der Waals surface area contributed by atoms with Crippen molar-refractivity contribution in [2.75, 3.05) is 11.9 Å². The molecule has 0 saturated carbocycles. The molecule has 1 N–H and O–H groups in total. The molecule has 56 heavy (non-hydrogen) atoms. The number of hydrogen-bond donors (Lipinski definition) is 1. The molecule has 8 rings (SSSR count). The van der Waals surface area contributed by atoms with Gasteiger partial charge in [0.15, 0.2) is 5.82 Å². The van der Waals surface area contributed by atoms with Gasteiger partial charge in [-0.15, -0.1) is 5.10 Å². The summed E-state index contributed by atoms with van der Waals surface area (Å²) in [7, 11) is 0. The second-order valence-corrected chi connectivity index (χ2v) is 14.9. The zero-order valence-corrected chi connectivity index (χ0v) is 32.2. The summed E-state index contributed by atoms with van der Waals surface area (Å²) >= 11 is 0. The van der Waals surface area contributed by atoms with Crippen LogP contribution in [0.25, 0.3) is 22.5 Å². The van der Waals surface area contributed by atoms with Gasteiger partial charge in [0.25, 0.3) is 0 Å². The van der Waals surface area contributed by atoms with E-state index in [1.54, 1.807) is 0 Å². The summed E-state index contributed by atoms with van der Waals surface area (Å²) in [5.74, 6) is 1.99. The minimum absolute atomic E-state index is 0.0864. The molecule has 0 bridgehead atoms. The number of benzene rings is 6. The van der Waals surface area contributed by atoms with E-state index in [0.29, 0.717) is 24.0 Å². The maximum absolute atomic E-state index is 13.8. The van der Waals surface area contributed by atoms with E-state index in [9.17, 15) is 4.79 Å². The van der Waals surface area contributed by atoms with Gasteiger partial charge in [0, 0.05) is 11.1 Å². The average molecular weight is 738 g/mol. The first-order chi connectivity index (χ1) is 27.5. The number of rotatable bonds is 11. The molecule has 0 saturated heterocycles. The number of fused-ring (bicyclic) bond motifs is 1. The van der Waals surface area contributed by atoms with Gasteiger partial charge in [-0.2, -0.15) is 0 Å². The Bertz CT molecular complexity index is 2310. The van der Waals surface area contributed by atoms with Crippen LogP contribution in [0.4, 0.5) is 5.69 Å². The first kappa shape index (κ1) is 36.6. The Hall–Kier alpha value is -6.34. The van der Waals surface area contributed by atoms with E-state index in [4.69, 9.17) is 15.0 Å². The zero-order chi connectivity index (χ0) is 38.5. The van der Waals surface area contributed by atoms with Crippen LogP contribution in [0.5, 0.6) is 5.75 Å². The highest BCUT2D eigenvalue weighted by atomic mass is 16.5. The van der Waals surface area contributed by atoms with Crippen LogP contribution in [0.3, 0.4) is 0 Å². The summed E-state index contributed by atoms with van der Waals surface area (Å²) in [5, 5.41) is 17.3. The minimum atomic E-state index is -0.909. The third-order valence-corrected chi connectivity index (χ3v) is 11.4. The third-order valence-electron chi connectivity index (χ3n) is 11.4. The summed E-state index contributed by atoms with van der Waals surface area (Å²) in [6.45, 7) is 7.22. The number of amides is 1. The summed E-state index contributed by atoms with van der Waals surface area (Å²) in [4.78, 5) is 13.8. The number of nitrogens with one attached hydrogen (secondary N) is 1. The van der Waals surface area contributed by atoms with Crippen LogP contribution < -0.4 is 10.1 Å². The van der Waals surface area contributed by atoms with Crippen molar-refractivity contribution >= 4 is 11.6 Å². The largest absolute Gasteiger partial charge is 0.491 e. The van der Waals surface area contributed by atoms with E-state index in [1.807, 2.05) is 53.2 Å².